The van der Waals surface area contributed by atoms with Crippen molar-refractivity contribution in [1.29, 1.82) is 0 Å². The van der Waals surface area contributed by atoms with Crippen LogP contribution < -0.4 is 14.8 Å². The Morgan fingerprint density at radius 3 is 2.06 bits per heavy atom. The average Bonchev–Trinajstić information content (AvgIpc) is 3.46. The summed E-state index contributed by atoms with van der Waals surface area (Å²) >= 11 is 0. The number of carboxylic acid groups (broad SMARTS) is 1. The predicted molar refractivity (Wildman–Crippen MR) is 235 cm³/mol. The van der Waals surface area contributed by atoms with Crippen LogP contribution in [0, 0.1) is 0 Å². The topological polar surface area (TPSA) is 224 Å². The molecule has 1 unspecified atom stereocenters. The zero-order chi connectivity index (χ0) is 45.7. The Balaban J connectivity index is 1.66. The van der Waals surface area contributed by atoms with Crippen molar-refractivity contribution in [1.82, 2.24) is 4.58 Å². The molecule has 19 heteroatoms. The Morgan fingerprint density at radius 2 is 1.46 bits per heavy atom. The Morgan fingerprint density at radius 1 is 0.825 bits per heavy atom. The Kier molecular flexibility index (Phi) is 21.4. The number of carboxylic acids is 1. The number of allylic oxidation sites excluding steroid dienone is 3. The van der Waals surface area contributed by atoms with Gasteiger partial charge in [-0.15, -0.1) is 0 Å². The lowest BCUT2D eigenvalue weighted by Crippen LogP contribution is -2.36. The first-order chi connectivity index (χ1) is 30.2. The number of fused-ring (bicyclic) bond motifs is 2. The molecule has 2 N–H and O–H groups in total. The third kappa shape index (κ3) is 16.8. The lowest BCUT2D eigenvalue weighted by Gasteiger charge is -2.30. The van der Waals surface area contributed by atoms with E-state index in [1.165, 1.54) is 12.1 Å². The molecule has 0 amide bonds. The van der Waals surface area contributed by atoms with E-state index in [9.17, 15) is 30.7 Å². The van der Waals surface area contributed by atoms with Crippen molar-refractivity contribution in [3.8, 4) is 11.3 Å². The maximum absolute atomic E-state index is 12.2. The van der Waals surface area contributed by atoms with Crippen molar-refractivity contribution in [2.24, 2.45) is 0 Å². The van der Waals surface area contributed by atoms with E-state index in [0.29, 0.717) is 122 Å². The molecule has 1 aromatic carbocycles. The SMILES string of the molecule is COCCOCCOCC[N+](CCOCCOCCOC)=c1ccc2c(/C=C/C=C3/N(CCCCCC(=O)O)c4ccc(S(=O)(=O)[O-])cc4C3(C)CCCS(=O)(=O)O)ccoc-2c1. The van der Waals surface area contributed by atoms with Gasteiger partial charge in [-0.25, -0.2) is 13.0 Å². The van der Waals surface area contributed by atoms with Gasteiger partial charge in [0.25, 0.3) is 10.1 Å². The second-order valence-corrected chi connectivity index (χ2v) is 18.1. The first-order valence-corrected chi connectivity index (χ1v) is 24.0. The molecule has 2 aliphatic heterocycles. The number of methoxy groups -OCH3 is 2. The molecule has 4 rings (SSSR count). The summed E-state index contributed by atoms with van der Waals surface area (Å²) < 4.78 is 111. The maximum atomic E-state index is 12.2. The minimum absolute atomic E-state index is 0.0253. The molecule has 1 aromatic rings. The molecule has 17 nitrogen and oxygen atoms in total. The summed E-state index contributed by atoms with van der Waals surface area (Å²) in [7, 11) is -5.88. The summed E-state index contributed by atoms with van der Waals surface area (Å²) in [6.07, 6.45) is 9.20. The van der Waals surface area contributed by atoms with E-state index in [1.54, 1.807) is 26.5 Å². The standard InChI is InChI=1S/C44H62N2O15S2/c1-44(17-8-32-62(49,50)51)39-34-37(63(52,53)54)13-15-40(39)46(18-6-4-5-11-43(47)48)42(44)10-7-9-35-16-21-61-41-33-36(12-14-38(35)41)45(19-22-57-28-30-59-26-24-55-2)20-23-58-29-31-60-27-25-56-3/h7,9-10,12-16,21,33-34H,4-6,8,11,17-20,22-32H2,1-3H3,(H2-,47,48,49,50,51,52,53,54). The summed E-state index contributed by atoms with van der Waals surface area (Å²) in [4.78, 5) is 12.7. The third-order valence-corrected chi connectivity index (χ3v) is 12.2. The van der Waals surface area contributed by atoms with Crippen LogP contribution in [-0.4, -0.2) is 143 Å². The number of aliphatic carboxylic acids is 1. The fraction of sp³-hybridized carbons (Fsp3) is 0.545. The summed E-state index contributed by atoms with van der Waals surface area (Å²) in [5, 5.41) is 10.0. The van der Waals surface area contributed by atoms with Gasteiger partial charge in [-0.2, -0.15) is 8.42 Å². The average molecular weight is 923 g/mol. The smallest absolute Gasteiger partial charge is 0.303 e. The normalized spacial score (nSPS) is 16.1. The van der Waals surface area contributed by atoms with Gasteiger partial charge in [0.15, 0.2) is 13.1 Å². The molecule has 1 aliphatic carbocycles. The summed E-state index contributed by atoms with van der Waals surface area (Å²) in [5.74, 6) is -0.768. The number of nitrogens with zero attached hydrogens (tertiary/aromatic N) is 2. The predicted octanol–water partition coefficient (Wildman–Crippen LogP) is 4.41. The Labute approximate surface area is 370 Å². The van der Waals surface area contributed by atoms with Crippen molar-refractivity contribution in [3.05, 3.63) is 83.1 Å². The minimum atomic E-state index is -4.82. The van der Waals surface area contributed by atoms with Gasteiger partial charge in [0.1, 0.15) is 29.1 Å². The molecular formula is C44H62N2O15S2. The van der Waals surface area contributed by atoms with Gasteiger partial charge in [-0.1, -0.05) is 18.6 Å². The quantitative estimate of drug-likeness (QED) is 0.0518. The van der Waals surface area contributed by atoms with Crippen LogP contribution >= 0.6 is 0 Å². The minimum Gasteiger partial charge on any atom is -0.744 e. The van der Waals surface area contributed by atoms with Crippen LogP contribution in [0.25, 0.3) is 17.4 Å². The zero-order valence-electron chi connectivity index (χ0n) is 36.4. The van der Waals surface area contributed by atoms with E-state index in [4.69, 9.17) is 37.9 Å². The Bertz CT molecular complexity index is 2200. The second kappa shape index (κ2) is 26.1. The van der Waals surface area contributed by atoms with Gasteiger partial charge >= 0.3 is 5.97 Å². The fourth-order valence-corrected chi connectivity index (χ4v) is 8.38. The summed E-state index contributed by atoms with van der Waals surface area (Å²) in [6, 6.07) is 11.9. The van der Waals surface area contributed by atoms with Gasteiger partial charge in [-0.3, -0.25) is 9.35 Å². The van der Waals surface area contributed by atoms with Crippen molar-refractivity contribution < 1.29 is 68.7 Å². The van der Waals surface area contributed by atoms with Crippen LogP contribution in [0.4, 0.5) is 5.69 Å². The molecule has 0 spiro atoms. The highest BCUT2D eigenvalue weighted by Crippen LogP contribution is 2.51. The van der Waals surface area contributed by atoms with E-state index >= 15 is 0 Å². The maximum Gasteiger partial charge on any atom is 0.303 e. The van der Waals surface area contributed by atoms with Crippen LogP contribution in [0.1, 0.15) is 56.6 Å². The van der Waals surface area contributed by atoms with E-state index in [2.05, 4.69) is 4.58 Å². The first kappa shape index (κ1) is 51.6. The van der Waals surface area contributed by atoms with Crippen molar-refractivity contribution >= 4 is 38.0 Å². The van der Waals surface area contributed by atoms with Crippen LogP contribution in [0.2, 0.25) is 0 Å². The van der Waals surface area contributed by atoms with Crippen molar-refractivity contribution in [2.75, 3.05) is 111 Å². The number of ether oxygens (including phenoxy) is 6. The molecule has 0 saturated heterocycles. The number of hydrogen-bond donors (Lipinski definition) is 2. The first-order valence-electron chi connectivity index (χ1n) is 21.0. The zero-order valence-corrected chi connectivity index (χ0v) is 38.0. The highest BCUT2D eigenvalue weighted by atomic mass is 32.2. The van der Waals surface area contributed by atoms with Crippen LogP contribution in [0.5, 0.6) is 0 Å². The molecule has 0 aromatic heterocycles. The van der Waals surface area contributed by atoms with Crippen molar-refractivity contribution in [3.63, 3.8) is 0 Å². The van der Waals surface area contributed by atoms with Gasteiger partial charge in [0.05, 0.1) is 75.8 Å². The molecule has 63 heavy (non-hydrogen) atoms. The van der Waals surface area contributed by atoms with Crippen LogP contribution in [-0.2, 0) is 58.9 Å². The lowest BCUT2D eigenvalue weighted by atomic mass is 9.77. The molecule has 0 radical (unpaired) electrons. The molecule has 0 fully saturated rings. The van der Waals surface area contributed by atoms with E-state index in [-0.39, 0.29) is 19.3 Å². The largest absolute Gasteiger partial charge is 0.744 e. The number of rotatable bonds is 31. The highest BCUT2D eigenvalue weighted by Gasteiger charge is 2.43. The number of anilines is 1. The number of unbranched alkanes of at least 4 members (excludes halogenated alkanes) is 2. The van der Waals surface area contributed by atoms with Crippen LogP contribution in [0.3, 0.4) is 0 Å². The number of carbonyl (C=O) groups is 1. The number of benzene rings is 2. The monoisotopic (exact) mass is 922 g/mol. The molecule has 350 valence electrons. The Hall–Kier alpha value is -4.02. The molecule has 2 heterocycles. The highest BCUT2D eigenvalue weighted by molar-refractivity contribution is 7.86. The third-order valence-electron chi connectivity index (χ3n) is 10.6. The van der Waals surface area contributed by atoms with E-state index in [0.717, 1.165) is 22.2 Å². The fourth-order valence-electron chi connectivity index (χ4n) is 7.37. The van der Waals surface area contributed by atoms with E-state index in [1.807, 2.05) is 54.3 Å². The summed E-state index contributed by atoms with van der Waals surface area (Å²) in [5.41, 5.74) is 2.59. The summed E-state index contributed by atoms with van der Waals surface area (Å²) in [6.45, 7) is 8.17. The second-order valence-electron chi connectivity index (χ2n) is 15.1. The lowest BCUT2D eigenvalue weighted by molar-refractivity contribution is -0.137. The van der Waals surface area contributed by atoms with Gasteiger partial charge in [0, 0.05) is 55.6 Å². The number of hydrogen-bond acceptors (Lipinski definition) is 14. The van der Waals surface area contributed by atoms with Gasteiger partial charge < -0.3 is 47.4 Å². The van der Waals surface area contributed by atoms with Gasteiger partial charge in [0.2, 0.25) is 5.36 Å². The van der Waals surface area contributed by atoms with Crippen molar-refractivity contribution in [2.45, 2.75) is 55.8 Å². The van der Waals surface area contributed by atoms with E-state index < -0.39 is 42.3 Å². The molecule has 0 saturated carbocycles. The molecule has 0 bridgehead atoms. The molecule has 1 atom stereocenters. The molecular weight excluding hydrogens is 861 g/mol. The van der Waals surface area contributed by atoms with Gasteiger partial charge in [-0.05, 0) is 80.1 Å². The molecule has 3 aliphatic rings. The van der Waals surface area contributed by atoms with Crippen LogP contribution in [0.15, 0.2) is 75.9 Å².